The number of nitrogens with zero attached hydrogens (tertiary/aromatic N) is 6. The van der Waals surface area contributed by atoms with Crippen molar-refractivity contribution in [2.24, 2.45) is 0 Å². The zero-order valence-corrected chi connectivity index (χ0v) is 17.8. The molecule has 0 spiro atoms. The maximum atomic E-state index is 14.2. The summed E-state index contributed by atoms with van der Waals surface area (Å²) in [5.74, 6) is -1.10. The second-order valence-electron chi connectivity index (χ2n) is 7.04. The Morgan fingerprint density at radius 1 is 1.06 bits per heavy atom. The molecular formula is C19H10B3ClF3N7O. The van der Waals surface area contributed by atoms with Crippen LogP contribution in [0.1, 0.15) is 16.1 Å². The van der Waals surface area contributed by atoms with Crippen molar-refractivity contribution in [3.8, 4) is 17.1 Å². The average Bonchev–Trinajstić information content (AvgIpc) is 3.42. The molecule has 0 bridgehead atoms. The fraction of sp³-hybridized carbons (Fsp3) is 0.105. The van der Waals surface area contributed by atoms with Gasteiger partial charge in [0.2, 0.25) is 0 Å². The van der Waals surface area contributed by atoms with E-state index in [2.05, 4.69) is 25.6 Å². The molecule has 3 aromatic heterocycles. The number of hydrogen-bond acceptors (Lipinski definition) is 5. The number of carbonyl (C=O) groups is 1. The van der Waals surface area contributed by atoms with E-state index < -0.39 is 34.3 Å². The van der Waals surface area contributed by atoms with Gasteiger partial charge in [0.25, 0.3) is 5.91 Å². The topological polar surface area (TPSA) is 90.5 Å². The quantitative estimate of drug-likeness (QED) is 0.447. The highest BCUT2D eigenvalue weighted by molar-refractivity contribution is 6.56. The van der Waals surface area contributed by atoms with Crippen LogP contribution < -0.4 is 5.32 Å². The fourth-order valence-electron chi connectivity index (χ4n) is 3.14. The third kappa shape index (κ3) is 4.58. The van der Waals surface area contributed by atoms with Crippen molar-refractivity contribution in [1.29, 1.82) is 0 Å². The van der Waals surface area contributed by atoms with Crippen molar-refractivity contribution >= 4 is 46.7 Å². The number of anilines is 1. The first-order valence-corrected chi connectivity index (χ1v) is 9.81. The molecule has 1 N–H and O–H groups in total. The summed E-state index contributed by atoms with van der Waals surface area (Å²) in [6.45, 7) is 0. The number of rotatable bonds is 5. The van der Waals surface area contributed by atoms with E-state index in [0.717, 1.165) is 11.0 Å². The number of amides is 1. The second-order valence-corrected chi connectivity index (χ2v) is 7.44. The Hall–Kier alpha value is -3.54. The largest absolute Gasteiger partial charge is 0.420 e. The Kier molecular flexibility index (Phi) is 6.02. The predicted octanol–water partition coefficient (Wildman–Crippen LogP) is 2.52. The van der Waals surface area contributed by atoms with Gasteiger partial charge in [-0.1, -0.05) is 41.9 Å². The third-order valence-electron chi connectivity index (χ3n) is 4.49. The third-order valence-corrected chi connectivity index (χ3v) is 4.76. The van der Waals surface area contributed by atoms with Gasteiger partial charge in [0, 0.05) is 5.56 Å². The molecule has 0 fully saturated rings. The lowest BCUT2D eigenvalue weighted by Crippen LogP contribution is -2.39. The van der Waals surface area contributed by atoms with Gasteiger partial charge in [-0.05, 0) is 11.3 Å². The molecule has 0 saturated heterocycles. The Bertz CT molecular complexity index is 1340. The summed E-state index contributed by atoms with van der Waals surface area (Å²) in [5.41, 5.74) is -2.87. The van der Waals surface area contributed by atoms with Crippen LogP contribution >= 0.6 is 11.6 Å². The van der Waals surface area contributed by atoms with Crippen LogP contribution in [0.25, 0.3) is 17.1 Å². The van der Waals surface area contributed by atoms with Crippen LogP contribution in [-0.4, -0.2) is 59.2 Å². The number of aromatic nitrogens is 6. The molecule has 0 atom stereocenters. The van der Waals surface area contributed by atoms with Gasteiger partial charge in [0.1, 0.15) is 17.0 Å². The van der Waals surface area contributed by atoms with E-state index in [9.17, 15) is 18.0 Å². The number of halogens is 4. The molecule has 4 rings (SSSR count). The molecule has 8 nitrogen and oxygen atoms in total. The van der Waals surface area contributed by atoms with Gasteiger partial charge in [0.15, 0.2) is 5.82 Å². The summed E-state index contributed by atoms with van der Waals surface area (Å²) < 4.78 is 42.9. The highest BCUT2D eigenvalue weighted by atomic mass is 35.5. The van der Waals surface area contributed by atoms with Crippen LogP contribution in [0.5, 0.6) is 0 Å². The highest BCUT2D eigenvalue weighted by Crippen LogP contribution is 2.40. The lowest BCUT2D eigenvalue weighted by atomic mass is 9.49. The van der Waals surface area contributed by atoms with E-state index in [1.54, 1.807) is 6.07 Å². The zero-order chi connectivity index (χ0) is 24.7. The van der Waals surface area contributed by atoms with Gasteiger partial charge >= 0.3 is 6.18 Å². The molecule has 0 aliphatic heterocycles. The molecule has 6 radical (unpaired) electrons. The number of benzene rings is 1. The van der Waals surface area contributed by atoms with E-state index in [0.29, 0.717) is 4.68 Å². The first-order valence-electron chi connectivity index (χ1n) is 9.43. The Morgan fingerprint density at radius 3 is 2.26 bits per heavy atom. The summed E-state index contributed by atoms with van der Waals surface area (Å²) in [6, 6.07) is 8.68. The van der Waals surface area contributed by atoms with Gasteiger partial charge in [-0.2, -0.15) is 28.5 Å². The molecule has 164 valence electrons. The molecule has 0 saturated carbocycles. The molecule has 0 unspecified atom stereocenters. The summed E-state index contributed by atoms with van der Waals surface area (Å²) in [6.07, 6.45) is -1.05. The Balaban J connectivity index is 1.81. The van der Waals surface area contributed by atoms with Crippen LogP contribution in [-0.2, 0) is 11.4 Å². The standard InChI is InChI=1S/C19H10B3ClF3N7O/c20-19(21,22)32-15(13(18(24,25)26)14(31-32)10-4-2-1-3-5-10)17(34)30-11-8-12(23)16(27-9-11)33-28-6-7-29-33/h1-9H,(H,30,34). The van der Waals surface area contributed by atoms with Crippen LogP contribution in [0.3, 0.4) is 0 Å². The minimum absolute atomic E-state index is 0.0225. The van der Waals surface area contributed by atoms with Gasteiger partial charge in [-0.25, -0.2) is 4.98 Å². The van der Waals surface area contributed by atoms with E-state index in [-0.39, 0.29) is 22.1 Å². The SMILES string of the molecule is [B]C([B])([B])n1nc(-c2ccccc2)c(C(F)(F)F)c1C(=O)Nc1cnc(-n2nccn2)c(Cl)c1. The van der Waals surface area contributed by atoms with E-state index in [1.165, 1.54) is 42.7 Å². The van der Waals surface area contributed by atoms with Crippen molar-refractivity contribution in [3.05, 3.63) is 71.3 Å². The summed E-state index contributed by atoms with van der Waals surface area (Å²) >= 11 is 6.17. The van der Waals surface area contributed by atoms with Gasteiger partial charge in [0.05, 0.1) is 52.8 Å². The van der Waals surface area contributed by atoms with Crippen LogP contribution in [0, 0.1) is 0 Å². The Morgan fingerprint density at radius 2 is 1.71 bits per heavy atom. The lowest BCUT2D eigenvalue weighted by Gasteiger charge is -2.24. The van der Waals surface area contributed by atoms with E-state index in [1.807, 2.05) is 0 Å². The molecule has 0 aliphatic carbocycles. The molecule has 3 heterocycles. The number of hydrogen-bond donors (Lipinski definition) is 1. The number of alkyl halides is 3. The van der Waals surface area contributed by atoms with Crippen LogP contribution in [0.4, 0.5) is 18.9 Å². The van der Waals surface area contributed by atoms with Crippen molar-refractivity contribution in [3.63, 3.8) is 0 Å². The molecule has 0 aliphatic rings. The molecule has 4 aromatic rings. The first-order chi connectivity index (χ1) is 16.0. The number of nitrogens with one attached hydrogen (secondary N) is 1. The first kappa shape index (κ1) is 23.6. The Labute approximate surface area is 199 Å². The summed E-state index contributed by atoms with van der Waals surface area (Å²) in [5, 5.41) is 11.5. The number of pyridine rings is 1. The van der Waals surface area contributed by atoms with Crippen molar-refractivity contribution < 1.29 is 18.0 Å². The molecular weight excluding hydrogens is 467 g/mol. The fourth-order valence-corrected chi connectivity index (χ4v) is 3.38. The van der Waals surface area contributed by atoms with Gasteiger partial charge < -0.3 is 5.32 Å². The normalized spacial score (nSPS) is 12.0. The van der Waals surface area contributed by atoms with Crippen molar-refractivity contribution in [2.45, 2.75) is 11.4 Å². The smallest absolute Gasteiger partial charge is 0.319 e. The van der Waals surface area contributed by atoms with Gasteiger partial charge in [-0.3, -0.25) is 9.48 Å². The zero-order valence-electron chi connectivity index (χ0n) is 17.0. The molecule has 15 heteroatoms. The summed E-state index contributed by atoms with van der Waals surface area (Å²) in [4.78, 5) is 18.2. The predicted molar refractivity (Wildman–Crippen MR) is 120 cm³/mol. The van der Waals surface area contributed by atoms with Crippen molar-refractivity contribution in [2.75, 3.05) is 5.32 Å². The minimum atomic E-state index is -5.01. The van der Waals surface area contributed by atoms with E-state index >= 15 is 0 Å². The summed E-state index contributed by atoms with van der Waals surface area (Å²) in [7, 11) is 16.9. The minimum Gasteiger partial charge on any atom is -0.319 e. The molecule has 34 heavy (non-hydrogen) atoms. The van der Waals surface area contributed by atoms with Crippen LogP contribution in [0.2, 0.25) is 5.02 Å². The maximum absolute atomic E-state index is 14.2. The highest BCUT2D eigenvalue weighted by Gasteiger charge is 2.43. The monoisotopic (exact) mass is 477 g/mol. The molecule has 1 amide bonds. The van der Waals surface area contributed by atoms with Crippen molar-refractivity contribution in [1.82, 2.24) is 29.8 Å². The average molecular weight is 477 g/mol. The molecule has 1 aromatic carbocycles. The van der Waals surface area contributed by atoms with E-state index in [4.69, 9.17) is 35.1 Å². The second kappa shape index (κ2) is 8.67. The maximum Gasteiger partial charge on any atom is 0.420 e. The lowest BCUT2D eigenvalue weighted by molar-refractivity contribution is -0.137. The van der Waals surface area contributed by atoms with Gasteiger partial charge in [-0.15, -0.1) is 4.80 Å². The van der Waals surface area contributed by atoms with Crippen LogP contribution in [0.15, 0.2) is 55.0 Å². The number of carbonyl (C=O) groups excluding carboxylic acids is 1.